The summed E-state index contributed by atoms with van der Waals surface area (Å²) < 4.78 is 0. The molecule has 1 aromatic carbocycles. The molecule has 0 aliphatic heterocycles. The van der Waals surface area contributed by atoms with Crippen LogP contribution in [0.1, 0.15) is 5.69 Å². The zero-order chi connectivity index (χ0) is 11.4. The lowest BCUT2D eigenvalue weighted by atomic mass is 10.3. The van der Waals surface area contributed by atoms with E-state index in [0.29, 0.717) is 0 Å². The first-order valence-electron chi connectivity index (χ1n) is 5.19. The van der Waals surface area contributed by atoms with Gasteiger partial charge >= 0.3 is 0 Å². The van der Waals surface area contributed by atoms with Crippen LogP contribution < -0.4 is 10.2 Å². The Morgan fingerprint density at radius 1 is 1.31 bits per heavy atom. The summed E-state index contributed by atoms with van der Waals surface area (Å²) in [6, 6.07) is 10.3. The van der Waals surface area contributed by atoms with E-state index in [4.69, 9.17) is 0 Å². The molecule has 1 N–H and O–H groups in total. The first kappa shape index (κ1) is 11.1. The molecule has 0 aliphatic rings. The van der Waals surface area contributed by atoms with Crippen molar-refractivity contribution in [3.8, 4) is 0 Å². The van der Waals surface area contributed by atoms with Crippen LogP contribution in [0, 0.1) is 0 Å². The molecule has 0 aliphatic carbocycles. The van der Waals surface area contributed by atoms with E-state index in [1.54, 1.807) is 11.3 Å². The maximum Gasteiger partial charge on any atom is 0.189 e. The second kappa shape index (κ2) is 5.09. The van der Waals surface area contributed by atoms with Crippen molar-refractivity contribution < 1.29 is 0 Å². The van der Waals surface area contributed by atoms with Crippen molar-refractivity contribution in [2.24, 2.45) is 0 Å². The normalized spacial score (nSPS) is 10.4. The largest absolute Gasteiger partial charge is 0.321 e. The molecular formula is C12H15N3S. The Hall–Kier alpha value is -1.39. The molecule has 2 rings (SSSR count). The third-order valence-electron chi connectivity index (χ3n) is 2.33. The van der Waals surface area contributed by atoms with E-state index in [-0.39, 0.29) is 0 Å². The van der Waals surface area contributed by atoms with E-state index in [1.807, 2.05) is 32.3 Å². The smallest absolute Gasteiger partial charge is 0.189 e. The van der Waals surface area contributed by atoms with E-state index in [0.717, 1.165) is 23.1 Å². The summed E-state index contributed by atoms with van der Waals surface area (Å²) in [6.45, 7) is 0.819. The highest BCUT2D eigenvalue weighted by atomic mass is 32.1. The van der Waals surface area contributed by atoms with Crippen molar-refractivity contribution >= 4 is 22.2 Å². The first-order valence-corrected chi connectivity index (χ1v) is 6.07. The zero-order valence-electron chi connectivity index (χ0n) is 9.47. The summed E-state index contributed by atoms with van der Waals surface area (Å²) in [4.78, 5) is 6.66. The van der Waals surface area contributed by atoms with Gasteiger partial charge < -0.3 is 10.2 Å². The van der Waals surface area contributed by atoms with Gasteiger partial charge in [0.1, 0.15) is 0 Å². The van der Waals surface area contributed by atoms with Gasteiger partial charge in [0, 0.05) is 24.7 Å². The van der Waals surface area contributed by atoms with E-state index >= 15 is 0 Å². The van der Waals surface area contributed by atoms with Gasteiger partial charge in [-0.2, -0.15) is 0 Å². The van der Waals surface area contributed by atoms with Crippen LogP contribution in [-0.2, 0) is 6.54 Å². The van der Waals surface area contributed by atoms with Crippen molar-refractivity contribution in [3.05, 3.63) is 41.4 Å². The molecule has 1 heterocycles. The fraction of sp³-hybridized carbons (Fsp3) is 0.250. The number of anilines is 2. The fourth-order valence-electron chi connectivity index (χ4n) is 1.47. The molecule has 16 heavy (non-hydrogen) atoms. The average Bonchev–Trinajstić information content (AvgIpc) is 2.78. The van der Waals surface area contributed by atoms with Gasteiger partial charge in [0.2, 0.25) is 0 Å². The number of nitrogens with one attached hydrogen (secondary N) is 1. The maximum atomic E-state index is 4.56. The standard InChI is InChI=1S/C12H15N3S/c1-13-8-10-9-16-12(14-10)15(2)11-6-4-3-5-7-11/h3-7,9,13H,8H2,1-2H3. The van der Waals surface area contributed by atoms with Crippen molar-refractivity contribution in [2.45, 2.75) is 6.54 Å². The molecule has 0 saturated heterocycles. The number of hydrogen-bond donors (Lipinski definition) is 1. The Kier molecular flexibility index (Phi) is 3.54. The SMILES string of the molecule is CNCc1csc(N(C)c2ccccc2)n1. The molecular weight excluding hydrogens is 218 g/mol. The highest BCUT2D eigenvalue weighted by Gasteiger charge is 2.07. The number of nitrogens with zero attached hydrogens (tertiary/aromatic N) is 2. The summed E-state index contributed by atoms with van der Waals surface area (Å²) >= 11 is 1.67. The molecule has 1 aromatic heterocycles. The molecule has 0 amide bonds. The van der Waals surface area contributed by atoms with Crippen LogP contribution in [0.5, 0.6) is 0 Å². The highest BCUT2D eigenvalue weighted by molar-refractivity contribution is 7.13. The number of hydrogen-bond acceptors (Lipinski definition) is 4. The minimum absolute atomic E-state index is 0.819. The van der Waals surface area contributed by atoms with Crippen molar-refractivity contribution in [3.63, 3.8) is 0 Å². The summed E-state index contributed by atoms with van der Waals surface area (Å²) in [5.41, 5.74) is 2.25. The predicted octanol–water partition coefficient (Wildman–Crippen LogP) is 2.63. The summed E-state index contributed by atoms with van der Waals surface area (Å²) in [7, 11) is 3.97. The second-order valence-corrected chi connectivity index (χ2v) is 4.38. The van der Waals surface area contributed by atoms with Crippen molar-refractivity contribution in [1.29, 1.82) is 0 Å². The second-order valence-electron chi connectivity index (χ2n) is 3.55. The van der Waals surface area contributed by atoms with Crippen molar-refractivity contribution in [1.82, 2.24) is 10.3 Å². The first-order chi connectivity index (χ1) is 7.81. The third-order valence-corrected chi connectivity index (χ3v) is 3.29. The van der Waals surface area contributed by atoms with Gasteiger partial charge in [-0.1, -0.05) is 18.2 Å². The predicted molar refractivity (Wildman–Crippen MR) is 69.4 cm³/mol. The Balaban J connectivity index is 2.17. The molecule has 4 heteroatoms. The summed E-state index contributed by atoms with van der Waals surface area (Å²) in [5.74, 6) is 0. The van der Waals surface area contributed by atoms with Crippen LogP contribution in [0.15, 0.2) is 35.7 Å². The zero-order valence-corrected chi connectivity index (χ0v) is 10.3. The van der Waals surface area contributed by atoms with Gasteiger partial charge in [-0.25, -0.2) is 4.98 Å². The average molecular weight is 233 g/mol. The van der Waals surface area contributed by atoms with Crippen LogP contribution in [-0.4, -0.2) is 19.1 Å². The van der Waals surface area contributed by atoms with E-state index in [1.165, 1.54) is 0 Å². The number of para-hydroxylation sites is 1. The third kappa shape index (κ3) is 2.40. The quantitative estimate of drug-likeness (QED) is 0.880. The number of rotatable bonds is 4. The van der Waals surface area contributed by atoms with Crippen LogP contribution >= 0.6 is 11.3 Å². The Bertz CT molecular complexity index is 439. The van der Waals surface area contributed by atoms with Gasteiger partial charge in [-0.05, 0) is 19.2 Å². The summed E-state index contributed by atoms with van der Waals surface area (Å²) in [5, 5.41) is 6.21. The van der Waals surface area contributed by atoms with E-state index in [9.17, 15) is 0 Å². The Morgan fingerprint density at radius 3 is 2.75 bits per heavy atom. The minimum Gasteiger partial charge on any atom is -0.321 e. The van der Waals surface area contributed by atoms with Crippen LogP contribution in [0.25, 0.3) is 0 Å². The molecule has 0 atom stereocenters. The van der Waals surface area contributed by atoms with Gasteiger partial charge in [-0.15, -0.1) is 11.3 Å². The monoisotopic (exact) mass is 233 g/mol. The van der Waals surface area contributed by atoms with Gasteiger partial charge in [0.15, 0.2) is 5.13 Å². The molecule has 0 fully saturated rings. The van der Waals surface area contributed by atoms with Crippen molar-refractivity contribution in [2.75, 3.05) is 19.0 Å². The lowest BCUT2D eigenvalue weighted by Gasteiger charge is -2.15. The molecule has 2 aromatic rings. The lowest BCUT2D eigenvalue weighted by molar-refractivity contribution is 0.797. The Morgan fingerprint density at radius 2 is 2.06 bits per heavy atom. The number of aromatic nitrogens is 1. The van der Waals surface area contributed by atoms with E-state index in [2.05, 4.69) is 32.7 Å². The number of benzene rings is 1. The molecule has 0 bridgehead atoms. The molecule has 84 valence electrons. The molecule has 0 spiro atoms. The van der Waals surface area contributed by atoms with Gasteiger partial charge in [0.25, 0.3) is 0 Å². The molecule has 3 nitrogen and oxygen atoms in total. The van der Waals surface area contributed by atoms with E-state index < -0.39 is 0 Å². The van der Waals surface area contributed by atoms with Crippen LogP contribution in [0.2, 0.25) is 0 Å². The maximum absolute atomic E-state index is 4.56. The minimum atomic E-state index is 0.819. The van der Waals surface area contributed by atoms with Gasteiger partial charge in [0.05, 0.1) is 5.69 Å². The molecule has 0 unspecified atom stereocenters. The Labute approximate surface area is 99.8 Å². The molecule has 0 radical (unpaired) electrons. The summed E-state index contributed by atoms with van der Waals surface area (Å²) in [6.07, 6.45) is 0. The topological polar surface area (TPSA) is 28.2 Å². The molecule has 0 saturated carbocycles. The fourth-order valence-corrected chi connectivity index (χ4v) is 2.29. The van der Waals surface area contributed by atoms with Crippen LogP contribution in [0.3, 0.4) is 0 Å². The number of thiazole rings is 1. The lowest BCUT2D eigenvalue weighted by Crippen LogP contribution is -2.10. The van der Waals surface area contributed by atoms with Crippen LogP contribution in [0.4, 0.5) is 10.8 Å². The van der Waals surface area contributed by atoms with Gasteiger partial charge in [-0.3, -0.25) is 0 Å². The highest BCUT2D eigenvalue weighted by Crippen LogP contribution is 2.26.